The summed E-state index contributed by atoms with van der Waals surface area (Å²) in [5.74, 6) is 0.671. The van der Waals surface area contributed by atoms with Crippen LogP contribution in [0, 0.1) is 0 Å². The minimum atomic E-state index is 0.638. The standard InChI is InChI=1S/C17H17Cl2N3O/c1-23-17-11-21(10-13-7-8-14(18)9-16(13)19)12-22(20-17)15-5-3-2-4-6-15/h2-9H,10-12H2,1H3. The summed E-state index contributed by atoms with van der Waals surface area (Å²) in [6, 6.07) is 15.6. The summed E-state index contributed by atoms with van der Waals surface area (Å²) in [6.07, 6.45) is 0. The lowest BCUT2D eigenvalue weighted by Gasteiger charge is -2.33. The molecule has 120 valence electrons. The quantitative estimate of drug-likeness (QED) is 0.829. The first kappa shape index (κ1) is 16.1. The Morgan fingerprint density at radius 2 is 1.91 bits per heavy atom. The molecular formula is C17H17Cl2N3O. The van der Waals surface area contributed by atoms with Crippen LogP contribution in [0.1, 0.15) is 5.56 Å². The van der Waals surface area contributed by atoms with Crippen LogP contribution >= 0.6 is 23.2 Å². The molecule has 6 heteroatoms. The fraction of sp³-hybridized carbons (Fsp3) is 0.235. The van der Waals surface area contributed by atoms with Crippen LogP contribution in [0.3, 0.4) is 0 Å². The molecule has 2 aromatic carbocycles. The zero-order valence-corrected chi connectivity index (χ0v) is 14.3. The average Bonchev–Trinajstić information content (AvgIpc) is 2.58. The maximum Gasteiger partial charge on any atom is 0.220 e. The average molecular weight is 350 g/mol. The first-order valence-corrected chi connectivity index (χ1v) is 8.01. The molecule has 0 fully saturated rings. The third-order valence-corrected chi connectivity index (χ3v) is 4.21. The van der Waals surface area contributed by atoms with Gasteiger partial charge in [0, 0.05) is 16.6 Å². The van der Waals surface area contributed by atoms with Crippen molar-refractivity contribution < 1.29 is 4.74 Å². The number of rotatable bonds is 3. The highest BCUT2D eigenvalue weighted by Gasteiger charge is 2.21. The number of halogens is 2. The fourth-order valence-corrected chi connectivity index (χ4v) is 2.94. The van der Waals surface area contributed by atoms with Crippen LogP contribution in [0.4, 0.5) is 5.69 Å². The maximum absolute atomic E-state index is 6.29. The van der Waals surface area contributed by atoms with Crippen LogP contribution in [-0.4, -0.2) is 31.1 Å². The number of hydrogen-bond acceptors (Lipinski definition) is 4. The van der Waals surface area contributed by atoms with Crippen molar-refractivity contribution >= 4 is 34.8 Å². The predicted molar refractivity (Wildman–Crippen MR) is 95.1 cm³/mol. The number of hydrogen-bond donors (Lipinski definition) is 0. The van der Waals surface area contributed by atoms with E-state index in [9.17, 15) is 0 Å². The first-order chi connectivity index (χ1) is 11.2. The van der Waals surface area contributed by atoms with Gasteiger partial charge in [0.2, 0.25) is 5.90 Å². The molecule has 0 aliphatic carbocycles. The molecule has 0 aromatic heterocycles. The second kappa shape index (κ2) is 7.21. The number of para-hydroxylation sites is 1. The van der Waals surface area contributed by atoms with E-state index in [2.05, 4.69) is 10.0 Å². The monoisotopic (exact) mass is 349 g/mol. The highest BCUT2D eigenvalue weighted by molar-refractivity contribution is 6.35. The number of nitrogens with zero attached hydrogens (tertiary/aromatic N) is 3. The number of methoxy groups -OCH3 is 1. The van der Waals surface area contributed by atoms with Crippen LogP contribution in [0.15, 0.2) is 53.6 Å². The van der Waals surface area contributed by atoms with Crippen LogP contribution in [0.25, 0.3) is 0 Å². The van der Waals surface area contributed by atoms with Crippen molar-refractivity contribution in [1.82, 2.24) is 4.90 Å². The van der Waals surface area contributed by atoms with Crippen molar-refractivity contribution in [3.8, 4) is 0 Å². The third-order valence-electron chi connectivity index (χ3n) is 3.62. The topological polar surface area (TPSA) is 28.1 Å². The van der Waals surface area contributed by atoms with Gasteiger partial charge in [-0.3, -0.25) is 4.90 Å². The van der Waals surface area contributed by atoms with E-state index in [1.165, 1.54) is 0 Å². The van der Waals surface area contributed by atoms with E-state index in [0.29, 0.717) is 35.7 Å². The van der Waals surface area contributed by atoms with Crippen LogP contribution in [0.2, 0.25) is 10.0 Å². The molecule has 0 spiro atoms. The molecule has 0 saturated carbocycles. The number of benzene rings is 2. The molecule has 1 heterocycles. The summed E-state index contributed by atoms with van der Waals surface area (Å²) < 4.78 is 5.37. The van der Waals surface area contributed by atoms with Gasteiger partial charge in [-0.15, -0.1) is 5.10 Å². The molecular weight excluding hydrogens is 333 g/mol. The van der Waals surface area contributed by atoms with E-state index in [-0.39, 0.29) is 0 Å². The Labute approximate surface area is 145 Å². The van der Waals surface area contributed by atoms with Crippen molar-refractivity contribution in [2.75, 3.05) is 25.3 Å². The molecule has 4 nitrogen and oxygen atoms in total. The van der Waals surface area contributed by atoms with Crippen LogP contribution in [-0.2, 0) is 11.3 Å². The van der Waals surface area contributed by atoms with Crippen molar-refractivity contribution in [2.45, 2.75) is 6.54 Å². The van der Waals surface area contributed by atoms with Gasteiger partial charge < -0.3 is 4.74 Å². The highest BCUT2D eigenvalue weighted by Crippen LogP contribution is 2.24. The summed E-state index contributed by atoms with van der Waals surface area (Å²) in [5.41, 5.74) is 2.05. The van der Waals surface area contributed by atoms with E-state index in [1.807, 2.05) is 47.5 Å². The van der Waals surface area contributed by atoms with Gasteiger partial charge in [0.05, 0.1) is 26.0 Å². The Morgan fingerprint density at radius 1 is 1.13 bits per heavy atom. The zero-order valence-electron chi connectivity index (χ0n) is 12.7. The Kier molecular flexibility index (Phi) is 5.06. The van der Waals surface area contributed by atoms with Gasteiger partial charge in [0.25, 0.3) is 0 Å². The second-order valence-electron chi connectivity index (χ2n) is 5.30. The zero-order chi connectivity index (χ0) is 16.2. The molecule has 0 saturated heterocycles. The van der Waals surface area contributed by atoms with Gasteiger partial charge in [-0.2, -0.15) is 0 Å². The van der Waals surface area contributed by atoms with E-state index in [0.717, 1.165) is 11.3 Å². The second-order valence-corrected chi connectivity index (χ2v) is 6.14. The predicted octanol–water partition coefficient (Wildman–Crippen LogP) is 4.23. The summed E-state index contributed by atoms with van der Waals surface area (Å²) in [4.78, 5) is 2.22. The van der Waals surface area contributed by atoms with Crippen molar-refractivity contribution in [1.29, 1.82) is 0 Å². The highest BCUT2D eigenvalue weighted by atomic mass is 35.5. The summed E-state index contributed by atoms with van der Waals surface area (Å²) >= 11 is 12.2. The largest absolute Gasteiger partial charge is 0.482 e. The van der Waals surface area contributed by atoms with E-state index < -0.39 is 0 Å². The lowest BCUT2D eigenvalue weighted by molar-refractivity contribution is 0.254. The smallest absolute Gasteiger partial charge is 0.220 e. The molecule has 0 bridgehead atoms. The van der Waals surface area contributed by atoms with E-state index in [4.69, 9.17) is 27.9 Å². The van der Waals surface area contributed by atoms with Gasteiger partial charge in [0.1, 0.15) is 0 Å². The maximum atomic E-state index is 6.29. The SMILES string of the molecule is COC1=NN(c2ccccc2)CN(Cc2ccc(Cl)cc2Cl)C1. The molecule has 0 radical (unpaired) electrons. The van der Waals surface area contributed by atoms with E-state index >= 15 is 0 Å². The molecule has 1 aliphatic heterocycles. The molecule has 3 rings (SSSR count). The molecule has 23 heavy (non-hydrogen) atoms. The first-order valence-electron chi connectivity index (χ1n) is 7.26. The normalized spacial score (nSPS) is 15.4. The molecule has 0 amide bonds. The Morgan fingerprint density at radius 3 is 2.61 bits per heavy atom. The van der Waals surface area contributed by atoms with Crippen molar-refractivity contribution in [3.63, 3.8) is 0 Å². The van der Waals surface area contributed by atoms with Gasteiger partial charge in [0.15, 0.2) is 0 Å². The van der Waals surface area contributed by atoms with Crippen LogP contribution < -0.4 is 5.01 Å². The van der Waals surface area contributed by atoms with Crippen molar-refractivity contribution in [3.05, 3.63) is 64.1 Å². The molecule has 1 aliphatic rings. The lowest BCUT2D eigenvalue weighted by Crippen LogP contribution is -2.44. The minimum absolute atomic E-state index is 0.638. The summed E-state index contributed by atoms with van der Waals surface area (Å²) in [6.45, 7) is 2.00. The summed E-state index contributed by atoms with van der Waals surface area (Å²) in [5, 5.41) is 7.77. The lowest BCUT2D eigenvalue weighted by atomic mass is 10.2. The number of hydrazone groups is 1. The van der Waals surface area contributed by atoms with Gasteiger partial charge in [-0.1, -0.05) is 47.5 Å². The Balaban J connectivity index is 1.80. The van der Waals surface area contributed by atoms with E-state index in [1.54, 1.807) is 13.2 Å². The fourth-order valence-electron chi connectivity index (χ4n) is 2.47. The van der Waals surface area contributed by atoms with Crippen LogP contribution in [0.5, 0.6) is 0 Å². The number of ether oxygens (including phenoxy) is 1. The number of anilines is 1. The minimum Gasteiger partial charge on any atom is -0.482 e. The molecule has 0 atom stereocenters. The van der Waals surface area contributed by atoms with Gasteiger partial charge in [-0.05, 0) is 29.8 Å². The molecule has 0 unspecified atom stereocenters. The van der Waals surface area contributed by atoms with Gasteiger partial charge in [-0.25, -0.2) is 5.01 Å². The summed E-state index contributed by atoms with van der Waals surface area (Å²) in [7, 11) is 1.64. The van der Waals surface area contributed by atoms with Crippen molar-refractivity contribution in [2.24, 2.45) is 5.10 Å². The third kappa shape index (κ3) is 3.96. The van der Waals surface area contributed by atoms with Gasteiger partial charge >= 0.3 is 0 Å². The molecule has 0 N–H and O–H groups in total. The Hall–Kier alpha value is -1.75. The Bertz CT molecular complexity index is 706. The molecule has 2 aromatic rings.